The van der Waals surface area contributed by atoms with E-state index in [0.29, 0.717) is 11.8 Å². The third-order valence-electron chi connectivity index (χ3n) is 3.72. The fourth-order valence-electron chi connectivity index (χ4n) is 2.38. The average molecular weight is 396 g/mol. The third kappa shape index (κ3) is 4.72. The molecule has 0 saturated carbocycles. The van der Waals surface area contributed by atoms with Gasteiger partial charge in [0.2, 0.25) is 10.0 Å². The van der Waals surface area contributed by atoms with Gasteiger partial charge in [0.15, 0.2) is 0 Å². The predicted octanol–water partition coefficient (Wildman–Crippen LogP) is 2.94. The number of halogens is 3. The van der Waals surface area contributed by atoms with Crippen LogP contribution in [0.3, 0.4) is 0 Å². The number of benzene rings is 1. The molecule has 1 N–H and O–H groups in total. The van der Waals surface area contributed by atoms with Gasteiger partial charge in [0.25, 0.3) is 0 Å². The van der Waals surface area contributed by atoms with Crippen LogP contribution in [-0.2, 0) is 22.7 Å². The van der Waals surface area contributed by atoms with Gasteiger partial charge < -0.3 is 0 Å². The molecule has 142 valence electrons. The molecule has 2 aromatic heterocycles. The van der Waals surface area contributed by atoms with Crippen LogP contribution in [0.25, 0.3) is 11.3 Å². The van der Waals surface area contributed by atoms with Gasteiger partial charge in [-0.15, -0.1) is 0 Å². The molecule has 0 atom stereocenters. The Morgan fingerprint density at radius 1 is 1.07 bits per heavy atom. The average Bonchev–Trinajstić information content (AvgIpc) is 3.11. The molecule has 10 heteroatoms. The zero-order valence-corrected chi connectivity index (χ0v) is 14.7. The zero-order valence-electron chi connectivity index (χ0n) is 13.9. The minimum atomic E-state index is -4.61. The summed E-state index contributed by atoms with van der Waals surface area (Å²) in [6.07, 6.45) is 0.355. The number of nitrogens with one attached hydrogen (secondary N) is 1. The lowest BCUT2D eigenvalue weighted by molar-refractivity contribution is -0.137. The maximum atomic E-state index is 12.7. The predicted molar refractivity (Wildman–Crippen MR) is 92.1 cm³/mol. The van der Waals surface area contributed by atoms with Gasteiger partial charge in [-0.2, -0.15) is 18.3 Å². The number of pyridine rings is 1. The Balaban J connectivity index is 1.64. The highest BCUT2D eigenvalue weighted by Gasteiger charge is 2.31. The van der Waals surface area contributed by atoms with Gasteiger partial charge in [0.1, 0.15) is 0 Å². The van der Waals surface area contributed by atoms with Gasteiger partial charge in [-0.1, -0.05) is 6.07 Å². The Kier molecular flexibility index (Phi) is 5.29. The molecule has 0 aliphatic carbocycles. The first kappa shape index (κ1) is 19.1. The van der Waals surface area contributed by atoms with Gasteiger partial charge in [0.05, 0.1) is 22.7 Å². The molecule has 0 fully saturated rings. The minimum Gasteiger partial charge on any atom is -0.271 e. The first-order chi connectivity index (χ1) is 12.8. The van der Waals surface area contributed by atoms with E-state index in [9.17, 15) is 21.6 Å². The molecule has 0 radical (unpaired) electrons. The van der Waals surface area contributed by atoms with Crippen molar-refractivity contribution >= 4 is 10.0 Å². The van der Waals surface area contributed by atoms with Crippen LogP contribution in [0.4, 0.5) is 13.2 Å². The normalized spacial score (nSPS) is 12.3. The van der Waals surface area contributed by atoms with E-state index in [1.165, 1.54) is 0 Å². The summed E-state index contributed by atoms with van der Waals surface area (Å²) >= 11 is 0. The van der Waals surface area contributed by atoms with Crippen molar-refractivity contribution in [2.24, 2.45) is 0 Å². The van der Waals surface area contributed by atoms with Gasteiger partial charge in [-0.25, -0.2) is 13.1 Å². The summed E-state index contributed by atoms with van der Waals surface area (Å²) in [6.45, 7) is 0.208. The second-order valence-electron chi connectivity index (χ2n) is 5.62. The molecule has 0 amide bonds. The van der Waals surface area contributed by atoms with E-state index in [4.69, 9.17) is 0 Å². The summed E-state index contributed by atoms with van der Waals surface area (Å²) in [5, 5.41) is 4.32. The number of hydrogen-bond donors (Lipinski definition) is 1. The summed E-state index contributed by atoms with van der Waals surface area (Å²) in [6, 6.07) is 8.97. The van der Waals surface area contributed by atoms with Gasteiger partial charge in [-0.05, 0) is 36.4 Å². The monoisotopic (exact) mass is 396 g/mol. The number of hydrogen-bond acceptors (Lipinski definition) is 4. The largest absolute Gasteiger partial charge is 0.416 e. The van der Waals surface area contributed by atoms with Crippen LogP contribution in [0, 0.1) is 0 Å². The highest BCUT2D eigenvalue weighted by Crippen LogP contribution is 2.30. The smallest absolute Gasteiger partial charge is 0.271 e. The topological polar surface area (TPSA) is 76.9 Å². The maximum absolute atomic E-state index is 12.7. The molecule has 27 heavy (non-hydrogen) atoms. The lowest BCUT2D eigenvalue weighted by Gasteiger charge is -2.10. The van der Waals surface area contributed by atoms with Crippen molar-refractivity contribution in [3.05, 3.63) is 66.6 Å². The van der Waals surface area contributed by atoms with Crippen LogP contribution < -0.4 is 4.72 Å². The van der Waals surface area contributed by atoms with E-state index in [-0.39, 0.29) is 13.1 Å². The Bertz CT molecular complexity index is 1020. The van der Waals surface area contributed by atoms with E-state index in [1.54, 1.807) is 41.5 Å². The van der Waals surface area contributed by atoms with Crippen molar-refractivity contribution in [3.63, 3.8) is 0 Å². The summed E-state index contributed by atoms with van der Waals surface area (Å²) in [4.78, 5) is 3.49. The number of nitrogens with zero attached hydrogens (tertiary/aromatic N) is 3. The van der Waals surface area contributed by atoms with Crippen LogP contribution in [0.5, 0.6) is 0 Å². The van der Waals surface area contributed by atoms with Gasteiger partial charge >= 0.3 is 6.18 Å². The second-order valence-corrected chi connectivity index (χ2v) is 7.39. The quantitative estimate of drug-likeness (QED) is 0.695. The minimum absolute atomic E-state index is 0.0178. The Labute approximate surface area is 153 Å². The number of alkyl halides is 3. The highest BCUT2D eigenvalue weighted by atomic mass is 32.2. The van der Waals surface area contributed by atoms with Crippen LogP contribution in [0.2, 0.25) is 0 Å². The number of rotatable bonds is 6. The maximum Gasteiger partial charge on any atom is 0.416 e. The first-order valence-electron chi connectivity index (χ1n) is 7.86. The summed E-state index contributed by atoms with van der Waals surface area (Å²) in [5.41, 5.74) is 0.561. The molecule has 0 saturated heterocycles. The summed E-state index contributed by atoms with van der Waals surface area (Å²) < 4.78 is 66.5. The zero-order chi connectivity index (χ0) is 19.5. The van der Waals surface area contributed by atoms with Crippen LogP contribution in [-0.4, -0.2) is 29.7 Å². The van der Waals surface area contributed by atoms with Gasteiger partial charge in [0, 0.05) is 30.7 Å². The van der Waals surface area contributed by atoms with E-state index < -0.39 is 26.7 Å². The number of sulfonamides is 1. The molecule has 0 aliphatic heterocycles. The van der Waals surface area contributed by atoms with Crippen LogP contribution in [0.15, 0.2) is 66.0 Å². The molecule has 2 heterocycles. The van der Waals surface area contributed by atoms with Crippen molar-refractivity contribution in [1.29, 1.82) is 0 Å². The summed E-state index contributed by atoms with van der Waals surface area (Å²) in [5.74, 6) is 0. The van der Waals surface area contributed by atoms with E-state index >= 15 is 0 Å². The molecule has 3 aromatic rings. The van der Waals surface area contributed by atoms with Crippen molar-refractivity contribution in [3.8, 4) is 11.3 Å². The molecule has 1 aromatic carbocycles. The van der Waals surface area contributed by atoms with Crippen molar-refractivity contribution in [2.45, 2.75) is 17.6 Å². The van der Waals surface area contributed by atoms with E-state index in [2.05, 4.69) is 14.8 Å². The SMILES string of the molecule is O=S(=O)(NCCn1ccc(-c2ccncc2)n1)c1cccc(C(F)(F)F)c1. The van der Waals surface area contributed by atoms with Crippen molar-refractivity contribution < 1.29 is 21.6 Å². The molecule has 3 rings (SSSR count). The highest BCUT2D eigenvalue weighted by molar-refractivity contribution is 7.89. The summed E-state index contributed by atoms with van der Waals surface area (Å²) in [7, 11) is -4.06. The Morgan fingerprint density at radius 2 is 1.81 bits per heavy atom. The standard InChI is InChI=1S/C17H15F3N4O2S/c18-17(19,20)14-2-1-3-15(12-14)27(25,26)22-9-11-24-10-6-16(23-24)13-4-7-21-8-5-13/h1-8,10,12,22H,9,11H2. The lowest BCUT2D eigenvalue weighted by Crippen LogP contribution is -2.27. The molecule has 0 unspecified atom stereocenters. The van der Waals surface area contributed by atoms with Crippen molar-refractivity contribution in [1.82, 2.24) is 19.5 Å². The molecule has 0 aliphatic rings. The molecule has 0 spiro atoms. The molecule has 0 bridgehead atoms. The second kappa shape index (κ2) is 7.49. The fourth-order valence-corrected chi connectivity index (χ4v) is 3.45. The molecule has 6 nitrogen and oxygen atoms in total. The fraction of sp³-hybridized carbons (Fsp3) is 0.176. The van der Waals surface area contributed by atoms with Crippen molar-refractivity contribution in [2.75, 3.05) is 6.54 Å². The Hall–Kier alpha value is -2.72. The first-order valence-corrected chi connectivity index (χ1v) is 9.35. The number of aromatic nitrogens is 3. The van der Waals surface area contributed by atoms with E-state index in [0.717, 1.165) is 23.8 Å². The van der Waals surface area contributed by atoms with Crippen LogP contribution >= 0.6 is 0 Å². The van der Waals surface area contributed by atoms with Gasteiger partial charge in [-0.3, -0.25) is 9.67 Å². The third-order valence-corrected chi connectivity index (χ3v) is 5.18. The molecular formula is C17H15F3N4O2S. The van der Waals surface area contributed by atoms with Crippen LogP contribution in [0.1, 0.15) is 5.56 Å². The Morgan fingerprint density at radius 3 is 2.52 bits per heavy atom. The molecular weight excluding hydrogens is 381 g/mol. The van der Waals surface area contributed by atoms with E-state index in [1.807, 2.05) is 0 Å². The lowest BCUT2D eigenvalue weighted by atomic mass is 10.2.